The van der Waals surface area contributed by atoms with Gasteiger partial charge in [0.2, 0.25) is 0 Å². The molecular weight excluding hydrogens is 190 g/mol. The van der Waals surface area contributed by atoms with E-state index in [4.69, 9.17) is 0 Å². The zero-order valence-electron chi connectivity index (χ0n) is 9.63. The van der Waals surface area contributed by atoms with Gasteiger partial charge in [-0.05, 0) is 42.8 Å². The second kappa shape index (κ2) is 5.52. The van der Waals surface area contributed by atoms with E-state index in [2.05, 4.69) is 44.6 Å². The van der Waals surface area contributed by atoms with Gasteiger partial charge in [0.1, 0.15) is 0 Å². The van der Waals surface area contributed by atoms with Crippen LogP contribution in [0.4, 0.5) is 0 Å². The fourth-order valence-electron chi connectivity index (χ4n) is 1.77. The molecule has 0 aliphatic carbocycles. The van der Waals surface area contributed by atoms with E-state index in [9.17, 15) is 0 Å². The Morgan fingerprint density at radius 3 is 2.64 bits per heavy atom. The number of hydrogen-bond donors (Lipinski definition) is 1. The van der Waals surface area contributed by atoms with Crippen molar-refractivity contribution < 1.29 is 0 Å². The highest BCUT2D eigenvalue weighted by Crippen LogP contribution is 2.29. The van der Waals surface area contributed by atoms with Crippen LogP contribution >= 0.6 is 11.3 Å². The normalized spacial score (nSPS) is 13.5. The summed E-state index contributed by atoms with van der Waals surface area (Å²) in [6, 6.07) is 2.80. The van der Waals surface area contributed by atoms with Gasteiger partial charge in [0, 0.05) is 10.9 Å². The zero-order chi connectivity index (χ0) is 10.6. The number of hydrogen-bond acceptors (Lipinski definition) is 2. The van der Waals surface area contributed by atoms with Crippen LogP contribution in [-0.2, 0) is 6.42 Å². The molecule has 80 valence electrons. The van der Waals surface area contributed by atoms with Gasteiger partial charge < -0.3 is 5.32 Å². The van der Waals surface area contributed by atoms with E-state index in [-0.39, 0.29) is 0 Å². The van der Waals surface area contributed by atoms with Crippen molar-refractivity contribution in [1.82, 2.24) is 5.32 Å². The molecule has 0 aliphatic heterocycles. The first-order chi connectivity index (χ1) is 6.69. The number of aryl methyl sites for hydroxylation is 1. The Morgan fingerprint density at radius 1 is 1.43 bits per heavy atom. The molecule has 0 amide bonds. The van der Waals surface area contributed by atoms with Gasteiger partial charge in [0.05, 0.1) is 0 Å². The molecule has 1 aromatic heterocycles. The topological polar surface area (TPSA) is 12.0 Å². The van der Waals surface area contributed by atoms with Gasteiger partial charge in [-0.2, -0.15) is 0 Å². The molecule has 0 aliphatic rings. The number of rotatable bonds is 5. The van der Waals surface area contributed by atoms with Crippen molar-refractivity contribution in [2.75, 3.05) is 7.05 Å². The van der Waals surface area contributed by atoms with E-state index in [1.807, 2.05) is 11.3 Å². The van der Waals surface area contributed by atoms with Crippen LogP contribution in [0.2, 0.25) is 0 Å². The molecular formula is C12H21NS. The Morgan fingerprint density at radius 2 is 2.14 bits per heavy atom. The molecule has 1 nitrogen and oxygen atoms in total. The second-order valence-corrected chi connectivity index (χ2v) is 5.08. The van der Waals surface area contributed by atoms with Gasteiger partial charge in [0.15, 0.2) is 0 Å². The lowest BCUT2D eigenvalue weighted by molar-refractivity contribution is 0.460. The molecule has 14 heavy (non-hydrogen) atoms. The summed E-state index contributed by atoms with van der Waals surface area (Å²) in [4.78, 5) is 1.53. The lowest BCUT2D eigenvalue weighted by Crippen LogP contribution is -2.18. The lowest BCUT2D eigenvalue weighted by atomic mass is 10.00. The van der Waals surface area contributed by atoms with Crippen LogP contribution in [0.3, 0.4) is 0 Å². The predicted octanol–water partition coefficient (Wildman–Crippen LogP) is 3.62. The average Bonchev–Trinajstić information content (AvgIpc) is 2.61. The van der Waals surface area contributed by atoms with Crippen molar-refractivity contribution in [2.45, 2.75) is 39.7 Å². The smallest absolute Gasteiger partial charge is 0.0417 e. The zero-order valence-corrected chi connectivity index (χ0v) is 10.4. The molecule has 1 heterocycles. The third-order valence-corrected chi connectivity index (χ3v) is 3.61. The first kappa shape index (κ1) is 11.7. The SMILES string of the molecule is CCc1ccsc1C(CC(C)C)NC. The van der Waals surface area contributed by atoms with Crippen molar-refractivity contribution >= 4 is 11.3 Å². The summed E-state index contributed by atoms with van der Waals surface area (Å²) >= 11 is 1.89. The van der Waals surface area contributed by atoms with E-state index < -0.39 is 0 Å². The summed E-state index contributed by atoms with van der Waals surface area (Å²) in [5, 5.41) is 5.63. The van der Waals surface area contributed by atoms with Gasteiger partial charge >= 0.3 is 0 Å². The van der Waals surface area contributed by atoms with Crippen LogP contribution < -0.4 is 5.32 Å². The number of thiophene rings is 1. The molecule has 0 saturated heterocycles. The van der Waals surface area contributed by atoms with Crippen molar-refractivity contribution in [3.05, 3.63) is 21.9 Å². The van der Waals surface area contributed by atoms with Gasteiger partial charge in [-0.1, -0.05) is 20.8 Å². The van der Waals surface area contributed by atoms with E-state index in [0.717, 1.165) is 12.3 Å². The van der Waals surface area contributed by atoms with E-state index >= 15 is 0 Å². The minimum absolute atomic E-state index is 0.546. The summed E-state index contributed by atoms with van der Waals surface area (Å²) in [5.74, 6) is 0.749. The highest BCUT2D eigenvalue weighted by atomic mass is 32.1. The van der Waals surface area contributed by atoms with Crippen LogP contribution in [0.1, 0.15) is 43.7 Å². The molecule has 0 fully saturated rings. The first-order valence-corrected chi connectivity index (χ1v) is 6.30. The summed E-state index contributed by atoms with van der Waals surface area (Å²) in [7, 11) is 2.06. The van der Waals surface area contributed by atoms with Crippen LogP contribution in [0.25, 0.3) is 0 Å². The molecule has 2 heteroatoms. The van der Waals surface area contributed by atoms with E-state index in [1.54, 1.807) is 0 Å². The van der Waals surface area contributed by atoms with Crippen molar-refractivity contribution in [3.63, 3.8) is 0 Å². The molecule has 0 saturated carbocycles. The molecule has 1 unspecified atom stereocenters. The standard InChI is InChI=1S/C12H21NS/c1-5-10-6-7-14-12(10)11(13-4)8-9(2)3/h6-7,9,11,13H,5,8H2,1-4H3. The Balaban J connectivity index is 2.77. The lowest BCUT2D eigenvalue weighted by Gasteiger charge is -2.18. The fraction of sp³-hybridized carbons (Fsp3) is 0.667. The van der Waals surface area contributed by atoms with Gasteiger partial charge in [-0.3, -0.25) is 0 Å². The van der Waals surface area contributed by atoms with Gasteiger partial charge in [-0.25, -0.2) is 0 Å². The Hall–Kier alpha value is -0.340. The highest BCUT2D eigenvalue weighted by molar-refractivity contribution is 7.10. The molecule has 0 bridgehead atoms. The fourth-order valence-corrected chi connectivity index (χ4v) is 2.89. The first-order valence-electron chi connectivity index (χ1n) is 5.42. The largest absolute Gasteiger partial charge is 0.312 e. The maximum Gasteiger partial charge on any atom is 0.0417 e. The quantitative estimate of drug-likeness (QED) is 0.784. The monoisotopic (exact) mass is 211 g/mol. The Labute approximate surface area is 91.5 Å². The van der Waals surface area contributed by atoms with E-state index in [0.29, 0.717) is 6.04 Å². The van der Waals surface area contributed by atoms with E-state index in [1.165, 1.54) is 16.9 Å². The Kier molecular flexibility index (Phi) is 4.63. The summed E-state index contributed by atoms with van der Waals surface area (Å²) < 4.78 is 0. The van der Waals surface area contributed by atoms with Crippen LogP contribution in [-0.4, -0.2) is 7.05 Å². The van der Waals surface area contributed by atoms with Crippen molar-refractivity contribution in [1.29, 1.82) is 0 Å². The molecule has 1 N–H and O–H groups in total. The van der Waals surface area contributed by atoms with Crippen molar-refractivity contribution in [3.8, 4) is 0 Å². The molecule has 1 atom stereocenters. The van der Waals surface area contributed by atoms with Gasteiger partial charge in [-0.15, -0.1) is 11.3 Å². The summed E-state index contributed by atoms with van der Waals surface area (Å²) in [5.41, 5.74) is 1.51. The summed E-state index contributed by atoms with van der Waals surface area (Å²) in [6.07, 6.45) is 2.37. The molecule has 1 aromatic rings. The average molecular weight is 211 g/mol. The minimum Gasteiger partial charge on any atom is -0.312 e. The minimum atomic E-state index is 0.546. The molecule has 1 rings (SSSR count). The molecule has 0 aromatic carbocycles. The van der Waals surface area contributed by atoms with Gasteiger partial charge in [0.25, 0.3) is 0 Å². The number of nitrogens with one attached hydrogen (secondary N) is 1. The third kappa shape index (κ3) is 2.82. The summed E-state index contributed by atoms with van der Waals surface area (Å²) in [6.45, 7) is 6.79. The second-order valence-electron chi connectivity index (χ2n) is 4.13. The Bertz CT molecular complexity index is 265. The van der Waals surface area contributed by atoms with Crippen molar-refractivity contribution in [2.24, 2.45) is 5.92 Å². The maximum absolute atomic E-state index is 3.42. The third-order valence-electron chi connectivity index (χ3n) is 2.53. The maximum atomic E-state index is 3.42. The van der Waals surface area contributed by atoms with Crippen LogP contribution in [0.5, 0.6) is 0 Å². The highest BCUT2D eigenvalue weighted by Gasteiger charge is 2.15. The predicted molar refractivity (Wildman–Crippen MR) is 65.0 cm³/mol. The van der Waals surface area contributed by atoms with Crippen LogP contribution in [0.15, 0.2) is 11.4 Å². The molecule has 0 spiro atoms. The molecule has 0 radical (unpaired) electrons. The van der Waals surface area contributed by atoms with Crippen LogP contribution in [0, 0.1) is 5.92 Å².